The minimum Gasteiger partial charge on any atom is -0.398 e. The second-order valence-electron chi connectivity index (χ2n) is 3.51. The number of rotatable bonds is 2. The van der Waals surface area contributed by atoms with Crippen molar-refractivity contribution in [3.8, 4) is 11.4 Å². The van der Waals surface area contributed by atoms with E-state index in [-0.39, 0.29) is 17.1 Å². The molecule has 5 nitrogen and oxygen atoms in total. The molecule has 1 heterocycles. The third-order valence-electron chi connectivity index (χ3n) is 2.12. The van der Waals surface area contributed by atoms with Crippen molar-refractivity contribution in [3.05, 3.63) is 24.0 Å². The van der Waals surface area contributed by atoms with Gasteiger partial charge in [0.2, 0.25) is 0 Å². The second kappa shape index (κ2) is 4.24. The molecule has 1 aromatic carbocycles. The van der Waals surface area contributed by atoms with Gasteiger partial charge in [-0.15, -0.1) is 5.10 Å². The van der Waals surface area contributed by atoms with Gasteiger partial charge in [-0.2, -0.15) is 13.2 Å². The van der Waals surface area contributed by atoms with E-state index in [0.29, 0.717) is 4.68 Å². The fraction of sp³-hybridized carbons (Fsp3) is 0.222. The number of nitrogens with zero attached hydrogens (tertiary/aromatic N) is 4. The van der Waals surface area contributed by atoms with Crippen molar-refractivity contribution >= 4 is 5.69 Å². The Labute approximate surface area is 98.2 Å². The van der Waals surface area contributed by atoms with Gasteiger partial charge in [-0.1, -0.05) is 0 Å². The minimum atomic E-state index is -4.48. The van der Waals surface area contributed by atoms with Gasteiger partial charge in [-0.25, -0.2) is 9.07 Å². The lowest BCUT2D eigenvalue weighted by atomic mass is 10.1. The number of hydrogen-bond donors (Lipinski definition) is 1. The maximum Gasteiger partial charge on any atom is 0.408 e. The summed E-state index contributed by atoms with van der Waals surface area (Å²) in [5.41, 5.74) is 5.67. The van der Waals surface area contributed by atoms with Crippen LogP contribution in [0.5, 0.6) is 0 Å². The van der Waals surface area contributed by atoms with Crippen molar-refractivity contribution in [3.63, 3.8) is 0 Å². The summed E-state index contributed by atoms with van der Waals surface area (Å²) in [4.78, 5) is 0. The molecule has 2 aromatic rings. The summed E-state index contributed by atoms with van der Waals surface area (Å²) in [6, 6.07) is 3.31. The first-order valence-electron chi connectivity index (χ1n) is 4.75. The standard InChI is InChI=1S/C9H7F4N5/c10-5-1-2-7(14)6(3-5)8-15-16-17-18(8)4-9(11,12)13/h1-3H,4,14H2. The van der Waals surface area contributed by atoms with E-state index in [1.807, 2.05) is 0 Å². The molecule has 1 aromatic heterocycles. The SMILES string of the molecule is Nc1ccc(F)cc1-c1nnnn1CC(F)(F)F. The molecular weight excluding hydrogens is 254 g/mol. The van der Waals surface area contributed by atoms with E-state index in [0.717, 1.165) is 12.1 Å². The minimum absolute atomic E-state index is 0.0178. The van der Waals surface area contributed by atoms with Crippen molar-refractivity contribution in [1.29, 1.82) is 0 Å². The largest absolute Gasteiger partial charge is 0.408 e. The number of halogens is 4. The summed E-state index contributed by atoms with van der Waals surface area (Å²) < 4.78 is 50.4. The Balaban J connectivity index is 2.45. The molecule has 0 aliphatic carbocycles. The number of alkyl halides is 3. The Morgan fingerprint density at radius 2 is 2.00 bits per heavy atom. The topological polar surface area (TPSA) is 69.6 Å². The van der Waals surface area contributed by atoms with Gasteiger partial charge >= 0.3 is 6.18 Å². The number of nitrogen functional groups attached to an aromatic ring is 1. The highest BCUT2D eigenvalue weighted by Gasteiger charge is 2.30. The van der Waals surface area contributed by atoms with Gasteiger partial charge in [-0.05, 0) is 28.6 Å². The molecule has 0 saturated carbocycles. The summed E-state index contributed by atoms with van der Waals surface area (Å²) in [6.07, 6.45) is -4.48. The molecule has 0 aliphatic heterocycles. The third-order valence-corrected chi connectivity index (χ3v) is 2.12. The Hall–Kier alpha value is -2.19. The Bertz CT molecular complexity index is 562. The van der Waals surface area contributed by atoms with Crippen LogP contribution >= 0.6 is 0 Å². The molecular formula is C9H7F4N5. The number of aromatic nitrogens is 4. The van der Waals surface area contributed by atoms with Crippen molar-refractivity contribution in [2.24, 2.45) is 0 Å². The highest BCUT2D eigenvalue weighted by molar-refractivity contribution is 5.71. The molecule has 0 bridgehead atoms. The fourth-order valence-corrected chi connectivity index (χ4v) is 1.40. The van der Waals surface area contributed by atoms with Crippen molar-refractivity contribution in [2.45, 2.75) is 12.7 Å². The zero-order valence-corrected chi connectivity index (χ0v) is 8.82. The summed E-state index contributed by atoms with van der Waals surface area (Å²) in [7, 11) is 0. The molecule has 0 amide bonds. The van der Waals surface area contributed by atoms with Crippen LogP contribution in [0.2, 0.25) is 0 Å². The first kappa shape index (κ1) is 12.3. The zero-order chi connectivity index (χ0) is 13.3. The third kappa shape index (κ3) is 2.55. The molecule has 0 fully saturated rings. The van der Waals surface area contributed by atoms with E-state index in [4.69, 9.17) is 5.73 Å². The van der Waals surface area contributed by atoms with Crippen molar-refractivity contribution < 1.29 is 17.6 Å². The number of anilines is 1. The molecule has 0 spiro atoms. The van der Waals surface area contributed by atoms with E-state index < -0.39 is 18.5 Å². The van der Waals surface area contributed by atoms with E-state index in [1.165, 1.54) is 6.07 Å². The fourth-order valence-electron chi connectivity index (χ4n) is 1.40. The van der Waals surface area contributed by atoms with E-state index >= 15 is 0 Å². The molecule has 0 radical (unpaired) electrons. The first-order valence-corrected chi connectivity index (χ1v) is 4.75. The quantitative estimate of drug-likeness (QED) is 0.658. The molecule has 96 valence electrons. The predicted octanol–water partition coefficient (Wildman–Crippen LogP) is 1.62. The maximum absolute atomic E-state index is 13.1. The highest BCUT2D eigenvalue weighted by atomic mass is 19.4. The van der Waals surface area contributed by atoms with Crippen LogP contribution in [0, 0.1) is 5.82 Å². The van der Waals surface area contributed by atoms with E-state index in [9.17, 15) is 17.6 Å². The lowest BCUT2D eigenvalue weighted by Gasteiger charge is -2.09. The number of tetrazole rings is 1. The smallest absolute Gasteiger partial charge is 0.398 e. The normalized spacial score (nSPS) is 11.8. The Morgan fingerprint density at radius 3 is 2.67 bits per heavy atom. The summed E-state index contributed by atoms with van der Waals surface area (Å²) in [6.45, 7) is -1.37. The lowest BCUT2D eigenvalue weighted by molar-refractivity contribution is -0.142. The average Bonchev–Trinajstić information content (AvgIpc) is 2.67. The zero-order valence-electron chi connectivity index (χ0n) is 8.82. The monoisotopic (exact) mass is 261 g/mol. The van der Waals surface area contributed by atoms with Crippen LogP contribution in [-0.2, 0) is 6.54 Å². The molecule has 9 heteroatoms. The van der Waals surface area contributed by atoms with Crippen LogP contribution in [0.4, 0.5) is 23.2 Å². The lowest BCUT2D eigenvalue weighted by Crippen LogP contribution is -2.19. The maximum atomic E-state index is 13.1. The van der Waals surface area contributed by atoms with E-state index in [2.05, 4.69) is 15.5 Å². The number of benzene rings is 1. The molecule has 18 heavy (non-hydrogen) atoms. The molecule has 2 N–H and O–H groups in total. The highest BCUT2D eigenvalue weighted by Crippen LogP contribution is 2.26. The average molecular weight is 261 g/mol. The van der Waals surface area contributed by atoms with Crippen LogP contribution in [0.3, 0.4) is 0 Å². The molecule has 0 unspecified atom stereocenters. The number of hydrogen-bond acceptors (Lipinski definition) is 4. The molecule has 0 atom stereocenters. The molecule has 0 aliphatic rings. The van der Waals surface area contributed by atoms with Gasteiger partial charge in [0.15, 0.2) is 5.82 Å². The van der Waals surface area contributed by atoms with Gasteiger partial charge < -0.3 is 5.73 Å². The van der Waals surface area contributed by atoms with Crippen LogP contribution in [-0.4, -0.2) is 26.4 Å². The molecule has 2 rings (SSSR count). The summed E-state index contributed by atoms with van der Waals surface area (Å²) >= 11 is 0. The van der Waals surface area contributed by atoms with Gasteiger partial charge in [-0.3, -0.25) is 0 Å². The summed E-state index contributed by atoms with van der Waals surface area (Å²) in [5, 5.41) is 9.77. The van der Waals surface area contributed by atoms with Crippen LogP contribution < -0.4 is 5.73 Å². The Morgan fingerprint density at radius 1 is 1.28 bits per heavy atom. The van der Waals surface area contributed by atoms with Gasteiger partial charge in [0.25, 0.3) is 0 Å². The van der Waals surface area contributed by atoms with E-state index in [1.54, 1.807) is 0 Å². The molecule has 0 saturated heterocycles. The number of nitrogens with two attached hydrogens (primary N) is 1. The van der Waals surface area contributed by atoms with Gasteiger partial charge in [0.1, 0.15) is 12.4 Å². The van der Waals surface area contributed by atoms with Crippen LogP contribution in [0.1, 0.15) is 0 Å². The van der Waals surface area contributed by atoms with Gasteiger partial charge in [0, 0.05) is 11.3 Å². The van der Waals surface area contributed by atoms with Crippen molar-refractivity contribution in [1.82, 2.24) is 20.2 Å². The Kier molecular flexibility index (Phi) is 2.89. The van der Waals surface area contributed by atoms with Gasteiger partial charge in [0.05, 0.1) is 0 Å². The van der Waals surface area contributed by atoms with Crippen molar-refractivity contribution in [2.75, 3.05) is 5.73 Å². The first-order chi connectivity index (χ1) is 8.37. The predicted molar refractivity (Wildman–Crippen MR) is 53.7 cm³/mol. The summed E-state index contributed by atoms with van der Waals surface area (Å²) in [5.74, 6) is -0.870. The second-order valence-corrected chi connectivity index (χ2v) is 3.51. The van der Waals surface area contributed by atoms with Crippen LogP contribution in [0.25, 0.3) is 11.4 Å². The van der Waals surface area contributed by atoms with Crippen LogP contribution in [0.15, 0.2) is 18.2 Å².